The van der Waals surface area contributed by atoms with Crippen molar-refractivity contribution in [1.82, 2.24) is 0 Å². The lowest BCUT2D eigenvalue weighted by Crippen LogP contribution is -2.73. The Balaban J connectivity index is 1.59. The van der Waals surface area contributed by atoms with Crippen molar-refractivity contribution in [2.45, 2.75) is 151 Å². The van der Waals surface area contributed by atoms with Crippen LogP contribution >= 0.6 is 0 Å². The van der Waals surface area contributed by atoms with Gasteiger partial charge in [-0.2, -0.15) is 65.9 Å². The lowest BCUT2D eigenvalue weighted by atomic mass is 9.74. The van der Waals surface area contributed by atoms with Crippen LogP contribution in [-0.4, -0.2) is 47.5 Å². The average molecular weight is 751 g/mol. The molecule has 2 saturated carbocycles. The van der Waals surface area contributed by atoms with E-state index in [9.17, 15) is 70.7 Å². The summed E-state index contributed by atoms with van der Waals surface area (Å²) in [6.45, 7) is 2.18. The number of halogens is 15. The zero-order valence-electron chi connectivity index (χ0n) is 27.3. The second-order valence-electron chi connectivity index (χ2n) is 13.9. The summed E-state index contributed by atoms with van der Waals surface area (Å²) >= 11 is 0. The fourth-order valence-electron chi connectivity index (χ4n) is 7.12. The van der Waals surface area contributed by atoms with E-state index < -0.39 is 53.1 Å². The molecule has 1 nitrogen and oxygen atoms in total. The van der Waals surface area contributed by atoms with Crippen molar-refractivity contribution >= 4 is 5.78 Å². The van der Waals surface area contributed by atoms with Gasteiger partial charge in [0.25, 0.3) is 0 Å². The first-order valence-corrected chi connectivity index (χ1v) is 16.8. The Kier molecular flexibility index (Phi) is 13.0. The predicted molar refractivity (Wildman–Crippen MR) is 155 cm³/mol. The maximum atomic E-state index is 14.5. The third kappa shape index (κ3) is 8.07. The summed E-state index contributed by atoms with van der Waals surface area (Å²) in [5.74, 6) is -49.5. The number of carbonyl (C=O) groups excluding carboxylic acids is 1. The van der Waals surface area contributed by atoms with E-state index in [4.69, 9.17) is 0 Å². The van der Waals surface area contributed by atoms with Crippen LogP contribution in [0.2, 0.25) is 0 Å². The first-order chi connectivity index (χ1) is 22.9. The van der Waals surface area contributed by atoms with Crippen LogP contribution in [0.5, 0.6) is 0 Å². The first kappa shape index (κ1) is 42.3. The highest BCUT2D eigenvalue weighted by Gasteiger charge is 2.94. The minimum Gasteiger partial charge on any atom is -0.287 e. The highest BCUT2D eigenvalue weighted by molar-refractivity contribution is 6.02. The average Bonchev–Trinajstić information content (AvgIpc) is 3.05. The summed E-state index contributed by atoms with van der Waals surface area (Å²) in [5.41, 5.74) is -0.993. The van der Waals surface area contributed by atoms with Crippen LogP contribution in [-0.2, 0) is 0 Å². The van der Waals surface area contributed by atoms with E-state index in [-0.39, 0.29) is 5.92 Å². The Bertz CT molecular complexity index is 1240. The summed E-state index contributed by atoms with van der Waals surface area (Å²) in [4.78, 5) is 12.2. The van der Waals surface area contributed by atoms with E-state index in [0.29, 0.717) is 42.4 Å². The van der Waals surface area contributed by atoms with Crippen molar-refractivity contribution in [2.24, 2.45) is 17.8 Å². The fraction of sp³-hybridized carbons (Fsp3) is 0.794. The van der Waals surface area contributed by atoms with Gasteiger partial charge in [-0.25, -0.2) is 0 Å². The molecule has 0 aromatic heterocycles. The molecule has 0 amide bonds. The van der Waals surface area contributed by atoms with Crippen LogP contribution in [0.1, 0.15) is 125 Å². The molecule has 0 spiro atoms. The van der Waals surface area contributed by atoms with Crippen molar-refractivity contribution in [3.8, 4) is 0 Å². The summed E-state index contributed by atoms with van der Waals surface area (Å²) in [5, 5.41) is 0. The zero-order chi connectivity index (χ0) is 38.0. The molecule has 0 unspecified atom stereocenters. The minimum atomic E-state index is -8.43. The Hall–Kier alpha value is -2.16. The first-order valence-electron chi connectivity index (χ1n) is 16.8. The molecule has 0 N–H and O–H groups in total. The van der Waals surface area contributed by atoms with E-state index in [1.807, 2.05) is 0 Å². The van der Waals surface area contributed by atoms with Crippen molar-refractivity contribution in [2.75, 3.05) is 0 Å². The largest absolute Gasteiger partial charge is 0.460 e. The molecule has 0 aliphatic heterocycles. The molecule has 288 valence electrons. The van der Waals surface area contributed by atoms with Crippen LogP contribution in [0.15, 0.2) is 24.3 Å². The van der Waals surface area contributed by atoms with Gasteiger partial charge in [-0.3, -0.25) is 4.79 Å². The van der Waals surface area contributed by atoms with Gasteiger partial charge in [-0.15, -0.1) is 0 Å². The molecule has 0 bridgehead atoms. The monoisotopic (exact) mass is 750 g/mol. The maximum Gasteiger partial charge on any atom is 0.460 e. The van der Waals surface area contributed by atoms with Gasteiger partial charge < -0.3 is 0 Å². The van der Waals surface area contributed by atoms with Crippen LogP contribution < -0.4 is 0 Å². The van der Waals surface area contributed by atoms with Gasteiger partial charge in [0, 0.05) is 5.56 Å². The van der Waals surface area contributed by atoms with Crippen molar-refractivity contribution in [3.63, 3.8) is 0 Å². The Labute approximate surface area is 280 Å². The fourth-order valence-corrected chi connectivity index (χ4v) is 7.12. The number of hydrogen-bond donors (Lipinski definition) is 0. The molecule has 2 aliphatic rings. The van der Waals surface area contributed by atoms with E-state index >= 15 is 0 Å². The maximum absolute atomic E-state index is 14.5. The number of carbonyl (C=O) groups is 1. The molecule has 50 heavy (non-hydrogen) atoms. The summed E-state index contributed by atoms with van der Waals surface area (Å²) in [7, 11) is 0. The third-order valence-electron chi connectivity index (χ3n) is 10.5. The quantitative estimate of drug-likeness (QED) is 0.0934. The predicted octanol–water partition coefficient (Wildman–Crippen LogP) is 13.1. The molecule has 0 radical (unpaired) electrons. The third-order valence-corrected chi connectivity index (χ3v) is 10.5. The number of alkyl halides is 15. The van der Waals surface area contributed by atoms with Crippen LogP contribution in [0.3, 0.4) is 0 Å². The van der Waals surface area contributed by atoms with Crippen LogP contribution in [0, 0.1) is 17.8 Å². The molecule has 2 aliphatic carbocycles. The van der Waals surface area contributed by atoms with Crippen molar-refractivity contribution < 1.29 is 70.7 Å². The lowest BCUT2D eigenvalue weighted by Gasteiger charge is -2.41. The molecular formula is C34H41F15O. The Morgan fingerprint density at radius 2 is 0.920 bits per heavy atom. The molecule has 1 aromatic carbocycles. The molecule has 0 saturated heterocycles. The smallest absolute Gasteiger partial charge is 0.287 e. The number of Topliss-reactive ketones (excluding diaryl/α,β-unsaturated/α-hetero) is 1. The highest BCUT2D eigenvalue weighted by atomic mass is 19.4. The van der Waals surface area contributed by atoms with Gasteiger partial charge in [0.15, 0.2) is 0 Å². The molecule has 2 fully saturated rings. The molecule has 3 rings (SSSR count). The Morgan fingerprint density at radius 3 is 1.36 bits per heavy atom. The van der Waals surface area contributed by atoms with E-state index in [1.54, 1.807) is 0 Å². The number of unbranched alkanes of at least 4 members (excludes halogenated alkanes) is 3. The SMILES string of the molecule is CCCCCC[C@H]1CC[C@H](CC[C@H]2CC[C@H](c3ccc(C(=O)C(F)(F)C(F)(F)C(F)(F)C(F)(F)C(F)(F)C(F)(F)C(F)(F)F)cc3)CC2)CC1. The van der Waals surface area contributed by atoms with Crippen LogP contribution in [0.25, 0.3) is 0 Å². The van der Waals surface area contributed by atoms with Gasteiger partial charge in [0.1, 0.15) is 0 Å². The zero-order valence-corrected chi connectivity index (χ0v) is 27.3. The van der Waals surface area contributed by atoms with Crippen LogP contribution in [0.4, 0.5) is 65.9 Å². The van der Waals surface area contributed by atoms with Gasteiger partial charge in [0.2, 0.25) is 5.78 Å². The van der Waals surface area contributed by atoms with E-state index in [2.05, 4.69) is 6.92 Å². The van der Waals surface area contributed by atoms with Gasteiger partial charge in [-0.05, 0) is 54.9 Å². The standard InChI is InChI=1S/C34H41F15O/c1-2-3-4-5-6-21-7-9-22(10-8-21)11-12-23-13-15-24(16-14-23)25-17-19-26(20-18-25)27(50)28(35,36)29(37,38)30(39,40)31(41,42)32(43,44)33(45,46)34(47,48)49/h17-24H,2-16H2,1H3/t21-,22-,23-,24-. The topological polar surface area (TPSA) is 17.1 Å². The molecule has 0 heterocycles. The van der Waals surface area contributed by atoms with E-state index in [1.165, 1.54) is 57.8 Å². The van der Waals surface area contributed by atoms with E-state index in [0.717, 1.165) is 43.7 Å². The highest BCUT2D eigenvalue weighted by Crippen LogP contribution is 2.62. The minimum absolute atomic E-state index is 0.152. The van der Waals surface area contributed by atoms with Crippen molar-refractivity contribution in [1.29, 1.82) is 0 Å². The summed E-state index contributed by atoms with van der Waals surface area (Å²) in [6.07, 6.45) is 8.65. The number of rotatable bonds is 16. The summed E-state index contributed by atoms with van der Waals surface area (Å²) < 4.78 is 203. The molecule has 1 aromatic rings. The number of hydrogen-bond acceptors (Lipinski definition) is 1. The van der Waals surface area contributed by atoms with Gasteiger partial charge in [0.05, 0.1) is 0 Å². The summed E-state index contributed by atoms with van der Waals surface area (Å²) in [6, 6.07) is 3.07. The number of benzene rings is 1. The molecular weight excluding hydrogens is 709 g/mol. The second kappa shape index (κ2) is 15.4. The Morgan fingerprint density at radius 1 is 0.520 bits per heavy atom. The van der Waals surface area contributed by atoms with Crippen molar-refractivity contribution in [3.05, 3.63) is 35.4 Å². The molecule has 0 atom stereocenters. The number of ketones is 1. The lowest BCUT2D eigenvalue weighted by molar-refractivity contribution is -0.449. The van der Waals surface area contributed by atoms with Gasteiger partial charge in [-0.1, -0.05) is 102 Å². The van der Waals surface area contributed by atoms with Gasteiger partial charge >= 0.3 is 41.7 Å². The second-order valence-corrected chi connectivity index (χ2v) is 13.9. The normalized spacial score (nSPS) is 23.6. The molecule has 16 heteroatoms.